The van der Waals surface area contributed by atoms with Crippen LogP contribution in [-0.2, 0) is 11.2 Å². The Hall–Kier alpha value is -0.860. The first-order valence-corrected chi connectivity index (χ1v) is 7.83. The Kier molecular flexibility index (Phi) is 4.87. The standard InChI is InChI=1S/C18H29NO/c1-17(2,12-10-15-8-6-5-7-9-15)19-14-16-11-13-18(3,4)20-16/h5-9,16,19H,10-14H2,1-4H3. The van der Waals surface area contributed by atoms with Crippen LogP contribution >= 0.6 is 0 Å². The molecular weight excluding hydrogens is 246 g/mol. The third kappa shape index (κ3) is 4.92. The summed E-state index contributed by atoms with van der Waals surface area (Å²) in [4.78, 5) is 0. The molecule has 1 aliphatic heterocycles. The van der Waals surface area contributed by atoms with Gasteiger partial charge in [0, 0.05) is 12.1 Å². The number of ether oxygens (including phenoxy) is 1. The summed E-state index contributed by atoms with van der Waals surface area (Å²) in [5.74, 6) is 0. The third-order valence-electron chi connectivity index (χ3n) is 4.24. The molecule has 1 unspecified atom stereocenters. The maximum absolute atomic E-state index is 6.04. The van der Waals surface area contributed by atoms with Gasteiger partial charge in [-0.1, -0.05) is 30.3 Å². The van der Waals surface area contributed by atoms with Crippen molar-refractivity contribution in [2.24, 2.45) is 0 Å². The van der Waals surface area contributed by atoms with Gasteiger partial charge in [-0.3, -0.25) is 0 Å². The van der Waals surface area contributed by atoms with Gasteiger partial charge < -0.3 is 10.1 Å². The number of hydrogen-bond donors (Lipinski definition) is 1. The van der Waals surface area contributed by atoms with Crippen LogP contribution in [0, 0.1) is 0 Å². The highest BCUT2D eigenvalue weighted by atomic mass is 16.5. The predicted octanol–water partition coefficient (Wildman–Crippen LogP) is 3.95. The van der Waals surface area contributed by atoms with Gasteiger partial charge in [-0.2, -0.15) is 0 Å². The summed E-state index contributed by atoms with van der Waals surface area (Å²) in [5, 5.41) is 3.68. The SMILES string of the molecule is CC(C)(CCc1ccccc1)NCC1CCC(C)(C)O1. The average Bonchev–Trinajstić information content (AvgIpc) is 2.75. The van der Waals surface area contributed by atoms with Gasteiger partial charge in [0.2, 0.25) is 0 Å². The second kappa shape index (κ2) is 6.28. The zero-order chi connectivity index (χ0) is 14.6. The Morgan fingerprint density at radius 1 is 1.25 bits per heavy atom. The Morgan fingerprint density at radius 2 is 1.95 bits per heavy atom. The summed E-state index contributed by atoms with van der Waals surface area (Å²) in [6, 6.07) is 10.7. The summed E-state index contributed by atoms with van der Waals surface area (Å²) < 4.78 is 6.04. The number of nitrogens with one attached hydrogen (secondary N) is 1. The van der Waals surface area contributed by atoms with E-state index in [2.05, 4.69) is 63.3 Å². The van der Waals surface area contributed by atoms with Gasteiger partial charge in [-0.15, -0.1) is 0 Å². The van der Waals surface area contributed by atoms with Crippen molar-refractivity contribution in [1.82, 2.24) is 5.32 Å². The quantitative estimate of drug-likeness (QED) is 0.849. The van der Waals surface area contributed by atoms with Crippen LogP contribution in [0.4, 0.5) is 0 Å². The van der Waals surface area contributed by atoms with Crippen LogP contribution in [-0.4, -0.2) is 23.8 Å². The van der Waals surface area contributed by atoms with Crippen LogP contribution in [0.25, 0.3) is 0 Å². The first-order valence-electron chi connectivity index (χ1n) is 7.83. The lowest BCUT2D eigenvalue weighted by molar-refractivity contribution is -0.0167. The molecule has 0 spiro atoms. The molecule has 20 heavy (non-hydrogen) atoms. The summed E-state index contributed by atoms with van der Waals surface area (Å²) in [6.45, 7) is 9.92. The lowest BCUT2D eigenvalue weighted by Crippen LogP contribution is -2.44. The molecule has 112 valence electrons. The molecule has 0 saturated carbocycles. The summed E-state index contributed by atoms with van der Waals surface area (Å²) in [5.41, 5.74) is 1.65. The molecule has 1 heterocycles. The first-order chi connectivity index (χ1) is 9.36. The van der Waals surface area contributed by atoms with Gasteiger partial charge >= 0.3 is 0 Å². The highest BCUT2D eigenvalue weighted by Crippen LogP contribution is 2.29. The molecule has 1 fully saturated rings. The second-order valence-corrected chi connectivity index (χ2v) is 7.29. The van der Waals surface area contributed by atoms with Crippen molar-refractivity contribution in [3.05, 3.63) is 35.9 Å². The lowest BCUT2D eigenvalue weighted by Gasteiger charge is -2.29. The van der Waals surface area contributed by atoms with E-state index in [1.807, 2.05) is 0 Å². The molecule has 0 amide bonds. The van der Waals surface area contributed by atoms with Crippen molar-refractivity contribution >= 4 is 0 Å². The number of rotatable bonds is 6. The van der Waals surface area contributed by atoms with Crippen molar-refractivity contribution in [1.29, 1.82) is 0 Å². The lowest BCUT2D eigenvalue weighted by atomic mass is 9.95. The van der Waals surface area contributed by atoms with E-state index < -0.39 is 0 Å². The minimum absolute atomic E-state index is 0.0700. The Labute approximate surface area is 123 Å². The van der Waals surface area contributed by atoms with Crippen molar-refractivity contribution in [2.75, 3.05) is 6.54 Å². The van der Waals surface area contributed by atoms with Crippen LogP contribution < -0.4 is 5.32 Å². The number of aryl methyl sites for hydroxylation is 1. The molecule has 0 radical (unpaired) electrons. The maximum Gasteiger partial charge on any atom is 0.0707 e. The normalized spacial score (nSPS) is 22.1. The smallest absolute Gasteiger partial charge is 0.0707 e. The topological polar surface area (TPSA) is 21.3 Å². The maximum atomic E-state index is 6.04. The van der Waals surface area contributed by atoms with Crippen molar-refractivity contribution in [3.8, 4) is 0 Å². The van der Waals surface area contributed by atoms with Crippen LogP contribution in [0.3, 0.4) is 0 Å². The molecule has 1 aliphatic rings. The molecule has 0 aromatic heterocycles. The van der Waals surface area contributed by atoms with E-state index in [1.54, 1.807) is 0 Å². The van der Waals surface area contributed by atoms with E-state index in [0.717, 1.165) is 19.4 Å². The van der Waals surface area contributed by atoms with Gasteiger partial charge in [0.05, 0.1) is 11.7 Å². The van der Waals surface area contributed by atoms with Crippen molar-refractivity contribution in [3.63, 3.8) is 0 Å². The fourth-order valence-corrected chi connectivity index (χ4v) is 2.80. The zero-order valence-corrected chi connectivity index (χ0v) is 13.4. The highest BCUT2D eigenvalue weighted by Gasteiger charge is 2.32. The summed E-state index contributed by atoms with van der Waals surface area (Å²) >= 11 is 0. The Morgan fingerprint density at radius 3 is 2.55 bits per heavy atom. The monoisotopic (exact) mass is 275 g/mol. The molecule has 1 saturated heterocycles. The molecule has 0 bridgehead atoms. The molecule has 2 rings (SSSR count). The summed E-state index contributed by atoms with van der Waals surface area (Å²) in [6.07, 6.45) is 4.99. The highest BCUT2D eigenvalue weighted by molar-refractivity contribution is 5.15. The molecule has 2 nitrogen and oxygen atoms in total. The van der Waals surface area contributed by atoms with Crippen LogP contribution in [0.1, 0.15) is 52.5 Å². The van der Waals surface area contributed by atoms with Crippen LogP contribution in [0.15, 0.2) is 30.3 Å². The molecule has 1 N–H and O–H groups in total. The van der Waals surface area contributed by atoms with Gasteiger partial charge in [-0.25, -0.2) is 0 Å². The number of hydrogen-bond acceptors (Lipinski definition) is 2. The minimum Gasteiger partial charge on any atom is -0.371 e. The largest absolute Gasteiger partial charge is 0.371 e. The van der Waals surface area contributed by atoms with Gasteiger partial charge in [-0.05, 0) is 58.9 Å². The molecule has 1 aromatic carbocycles. The van der Waals surface area contributed by atoms with E-state index in [0.29, 0.717) is 6.10 Å². The average molecular weight is 275 g/mol. The molecule has 0 aliphatic carbocycles. The molecular formula is C18H29NO. The predicted molar refractivity (Wildman–Crippen MR) is 85.0 cm³/mol. The van der Waals surface area contributed by atoms with E-state index >= 15 is 0 Å². The molecule has 1 aromatic rings. The van der Waals surface area contributed by atoms with Gasteiger partial charge in [0.15, 0.2) is 0 Å². The van der Waals surface area contributed by atoms with E-state index in [9.17, 15) is 0 Å². The third-order valence-corrected chi connectivity index (χ3v) is 4.24. The van der Waals surface area contributed by atoms with Crippen LogP contribution in [0.5, 0.6) is 0 Å². The van der Waals surface area contributed by atoms with Crippen LogP contribution in [0.2, 0.25) is 0 Å². The Balaban J connectivity index is 1.74. The van der Waals surface area contributed by atoms with Gasteiger partial charge in [0.25, 0.3) is 0 Å². The van der Waals surface area contributed by atoms with E-state index in [-0.39, 0.29) is 11.1 Å². The van der Waals surface area contributed by atoms with Crippen molar-refractivity contribution < 1.29 is 4.74 Å². The Bertz CT molecular complexity index is 411. The fourth-order valence-electron chi connectivity index (χ4n) is 2.80. The van der Waals surface area contributed by atoms with Crippen molar-refractivity contribution in [2.45, 2.75) is 70.6 Å². The minimum atomic E-state index is 0.0700. The fraction of sp³-hybridized carbons (Fsp3) is 0.667. The molecule has 2 heteroatoms. The zero-order valence-electron chi connectivity index (χ0n) is 13.4. The van der Waals surface area contributed by atoms with E-state index in [4.69, 9.17) is 4.74 Å². The second-order valence-electron chi connectivity index (χ2n) is 7.29. The van der Waals surface area contributed by atoms with E-state index in [1.165, 1.54) is 18.4 Å². The van der Waals surface area contributed by atoms with Gasteiger partial charge in [0.1, 0.15) is 0 Å². The first kappa shape index (κ1) is 15.5. The summed E-state index contributed by atoms with van der Waals surface area (Å²) in [7, 11) is 0. The number of benzene rings is 1. The molecule has 1 atom stereocenters.